The van der Waals surface area contributed by atoms with E-state index in [9.17, 15) is 9.59 Å². The molecule has 3 atom stereocenters. The quantitative estimate of drug-likeness (QED) is 0.638. The lowest BCUT2D eigenvalue weighted by atomic mass is 9.73. The third-order valence-electron chi connectivity index (χ3n) is 5.59. The molecule has 5 nitrogen and oxygen atoms in total. The molecule has 0 spiro atoms. The van der Waals surface area contributed by atoms with E-state index in [2.05, 4.69) is 11.8 Å². The van der Waals surface area contributed by atoms with Crippen LogP contribution in [-0.4, -0.2) is 67.9 Å². The molecule has 0 unspecified atom stereocenters. The lowest BCUT2D eigenvalue weighted by Gasteiger charge is -2.47. The van der Waals surface area contributed by atoms with Crippen molar-refractivity contribution in [2.24, 2.45) is 11.8 Å². The fourth-order valence-corrected chi connectivity index (χ4v) is 4.43. The monoisotopic (exact) mass is 338 g/mol. The number of amides is 1. The number of ketones is 1. The maximum atomic E-state index is 12.5. The Labute approximate surface area is 146 Å². The normalized spacial score (nSPS) is 27.8. The molecule has 1 saturated carbocycles. The third kappa shape index (κ3) is 5.28. The molecule has 2 rings (SSSR count). The van der Waals surface area contributed by atoms with E-state index >= 15 is 0 Å². The van der Waals surface area contributed by atoms with E-state index in [1.807, 2.05) is 11.9 Å². The fourth-order valence-electron chi connectivity index (χ4n) is 4.43. The lowest BCUT2D eigenvalue weighted by Crippen LogP contribution is -2.52. The molecule has 0 aromatic carbocycles. The van der Waals surface area contributed by atoms with Crippen LogP contribution < -0.4 is 0 Å². The molecule has 0 radical (unpaired) electrons. The summed E-state index contributed by atoms with van der Waals surface area (Å²) < 4.78 is 5.06. The van der Waals surface area contributed by atoms with E-state index in [0.29, 0.717) is 36.7 Å². The van der Waals surface area contributed by atoms with Crippen molar-refractivity contribution in [1.82, 2.24) is 9.80 Å². The second-order valence-corrected chi connectivity index (χ2v) is 7.57. The number of ether oxygens (including phenoxy) is 1. The van der Waals surface area contributed by atoms with Gasteiger partial charge in [-0.1, -0.05) is 6.92 Å². The molecule has 0 bridgehead atoms. The first-order valence-electron chi connectivity index (χ1n) is 9.53. The molecule has 1 heterocycles. The molecule has 24 heavy (non-hydrogen) atoms. The van der Waals surface area contributed by atoms with Gasteiger partial charge in [0.25, 0.3) is 0 Å². The zero-order chi connectivity index (χ0) is 17.5. The van der Waals surface area contributed by atoms with Gasteiger partial charge in [-0.3, -0.25) is 14.5 Å². The minimum Gasteiger partial charge on any atom is -0.385 e. The lowest BCUT2D eigenvalue weighted by molar-refractivity contribution is -0.132. The highest BCUT2D eigenvalue weighted by molar-refractivity contribution is 5.79. The molecular formula is C19H34N2O3. The van der Waals surface area contributed by atoms with Gasteiger partial charge in [-0.25, -0.2) is 0 Å². The van der Waals surface area contributed by atoms with E-state index in [0.717, 1.165) is 58.2 Å². The summed E-state index contributed by atoms with van der Waals surface area (Å²) >= 11 is 0. The smallest absolute Gasteiger partial charge is 0.222 e. The molecule has 0 N–H and O–H groups in total. The number of hydrogen-bond acceptors (Lipinski definition) is 4. The number of piperidine rings is 1. The van der Waals surface area contributed by atoms with Crippen LogP contribution in [0.15, 0.2) is 0 Å². The molecule has 2 fully saturated rings. The van der Waals surface area contributed by atoms with Crippen LogP contribution in [0.25, 0.3) is 0 Å². The Hall–Kier alpha value is -0.940. The Morgan fingerprint density at radius 1 is 1.42 bits per heavy atom. The number of hydrogen-bond donors (Lipinski definition) is 0. The number of rotatable bonds is 8. The van der Waals surface area contributed by atoms with Gasteiger partial charge in [-0.05, 0) is 44.1 Å². The minimum absolute atomic E-state index is 0.230. The van der Waals surface area contributed by atoms with Crippen molar-refractivity contribution in [3.05, 3.63) is 0 Å². The number of carbonyl (C=O) groups excluding carboxylic acids is 2. The van der Waals surface area contributed by atoms with Crippen LogP contribution in [-0.2, 0) is 14.3 Å². The topological polar surface area (TPSA) is 49.9 Å². The summed E-state index contributed by atoms with van der Waals surface area (Å²) in [5.41, 5.74) is 0. The maximum absolute atomic E-state index is 12.5. The van der Waals surface area contributed by atoms with Crippen molar-refractivity contribution in [2.75, 3.05) is 40.4 Å². The van der Waals surface area contributed by atoms with Crippen molar-refractivity contribution >= 4 is 11.7 Å². The average Bonchev–Trinajstić information content (AvgIpc) is 2.54. The standard InChI is InChI=1S/C19H34N2O3/c1-4-8-21-14-15(11-16-13-17(22)6-7-18(16)21)12-19(23)20(2)9-5-10-24-3/h15-16,18H,4-14H2,1-3H3/t15-,16-,18-/m1/s1. The Morgan fingerprint density at radius 3 is 2.92 bits per heavy atom. The number of nitrogens with zero attached hydrogens (tertiary/aromatic N) is 2. The highest BCUT2D eigenvalue weighted by Crippen LogP contribution is 2.37. The number of carbonyl (C=O) groups is 2. The van der Waals surface area contributed by atoms with Crippen molar-refractivity contribution in [3.63, 3.8) is 0 Å². The Balaban J connectivity index is 1.90. The Kier molecular flexibility index (Phi) is 7.69. The molecule has 1 saturated heterocycles. The maximum Gasteiger partial charge on any atom is 0.222 e. The number of fused-ring (bicyclic) bond motifs is 1. The highest BCUT2D eigenvalue weighted by Gasteiger charge is 2.39. The van der Waals surface area contributed by atoms with E-state index < -0.39 is 0 Å². The van der Waals surface area contributed by atoms with E-state index in [4.69, 9.17) is 4.74 Å². The fraction of sp³-hybridized carbons (Fsp3) is 0.895. The summed E-state index contributed by atoms with van der Waals surface area (Å²) in [4.78, 5) is 28.7. The molecule has 138 valence electrons. The van der Waals surface area contributed by atoms with Gasteiger partial charge >= 0.3 is 0 Å². The minimum atomic E-state index is 0.230. The van der Waals surface area contributed by atoms with Gasteiger partial charge < -0.3 is 9.64 Å². The molecule has 2 aliphatic rings. The molecular weight excluding hydrogens is 304 g/mol. The summed E-state index contributed by atoms with van der Waals surface area (Å²) in [6.07, 6.45) is 6.14. The molecule has 0 aromatic rings. The summed E-state index contributed by atoms with van der Waals surface area (Å²) in [5, 5.41) is 0. The van der Waals surface area contributed by atoms with Crippen LogP contribution in [0.1, 0.15) is 51.9 Å². The Morgan fingerprint density at radius 2 is 2.21 bits per heavy atom. The second kappa shape index (κ2) is 9.52. The average molecular weight is 338 g/mol. The van der Waals surface area contributed by atoms with Crippen molar-refractivity contribution in [3.8, 4) is 0 Å². The van der Waals surface area contributed by atoms with Crippen molar-refractivity contribution in [1.29, 1.82) is 0 Å². The largest absolute Gasteiger partial charge is 0.385 e. The van der Waals surface area contributed by atoms with Crippen LogP contribution >= 0.6 is 0 Å². The number of Topliss-reactive ketones (excluding diaryl/α,β-unsaturated/α-hetero) is 1. The summed E-state index contributed by atoms with van der Waals surface area (Å²) in [6, 6.07) is 0.563. The van der Waals surface area contributed by atoms with Gasteiger partial charge in [0.1, 0.15) is 5.78 Å². The molecule has 1 aliphatic heterocycles. The van der Waals surface area contributed by atoms with Gasteiger partial charge in [-0.2, -0.15) is 0 Å². The first-order valence-corrected chi connectivity index (χ1v) is 9.53. The number of methoxy groups -OCH3 is 1. The molecule has 1 amide bonds. The van der Waals surface area contributed by atoms with Crippen LogP contribution in [0.5, 0.6) is 0 Å². The predicted octanol–water partition coefficient (Wildman–Crippen LogP) is 2.34. The summed E-state index contributed by atoms with van der Waals surface area (Å²) in [5.74, 6) is 1.49. The van der Waals surface area contributed by atoms with Crippen LogP contribution in [0.2, 0.25) is 0 Å². The van der Waals surface area contributed by atoms with Gasteiger partial charge in [0.15, 0.2) is 0 Å². The SMILES string of the molecule is CCCN1C[C@@H](CC(=O)N(C)CCCOC)C[C@@H]2CC(=O)CC[C@H]21. The van der Waals surface area contributed by atoms with E-state index in [1.54, 1.807) is 7.11 Å². The van der Waals surface area contributed by atoms with E-state index in [-0.39, 0.29) is 5.91 Å². The van der Waals surface area contributed by atoms with Gasteiger partial charge in [0.2, 0.25) is 5.91 Å². The van der Waals surface area contributed by atoms with Gasteiger partial charge in [-0.15, -0.1) is 0 Å². The van der Waals surface area contributed by atoms with Crippen molar-refractivity contribution in [2.45, 2.75) is 57.9 Å². The van der Waals surface area contributed by atoms with E-state index in [1.165, 1.54) is 0 Å². The summed E-state index contributed by atoms with van der Waals surface area (Å²) in [6.45, 7) is 5.76. The molecule has 0 aromatic heterocycles. The van der Waals surface area contributed by atoms with Crippen molar-refractivity contribution < 1.29 is 14.3 Å². The summed E-state index contributed by atoms with van der Waals surface area (Å²) in [7, 11) is 3.58. The second-order valence-electron chi connectivity index (χ2n) is 7.57. The molecule has 1 aliphatic carbocycles. The zero-order valence-corrected chi connectivity index (χ0v) is 15.6. The zero-order valence-electron chi connectivity index (χ0n) is 15.6. The highest BCUT2D eigenvalue weighted by atomic mass is 16.5. The molecule has 5 heteroatoms. The first-order chi connectivity index (χ1) is 11.5. The first kappa shape index (κ1) is 19.4. The predicted molar refractivity (Wildman–Crippen MR) is 94.9 cm³/mol. The third-order valence-corrected chi connectivity index (χ3v) is 5.59. The Bertz CT molecular complexity index is 427. The van der Waals surface area contributed by atoms with Crippen LogP contribution in [0.3, 0.4) is 0 Å². The van der Waals surface area contributed by atoms with Gasteiger partial charge in [0.05, 0.1) is 0 Å². The number of likely N-dealkylation sites (tertiary alicyclic amines) is 1. The van der Waals surface area contributed by atoms with Gasteiger partial charge in [0, 0.05) is 59.2 Å². The van der Waals surface area contributed by atoms with Crippen LogP contribution in [0, 0.1) is 11.8 Å². The van der Waals surface area contributed by atoms with Crippen LogP contribution in [0.4, 0.5) is 0 Å².